The minimum atomic E-state index is -4.00. The highest BCUT2D eigenvalue weighted by atomic mass is 32.2. The summed E-state index contributed by atoms with van der Waals surface area (Å²) in [5, 5.41) is 17.2. The molecule has 0 bridgehead atoms. The topological polar surface area (TPSA) is 138 Å². The Morgan fingerprint density at radius 1 is 1.24 bits per heavy atom. The van der Waals surface area contributed by atoms with Crippen LogP contribution in [0.1, 0.15) is 6.42 Å². The van der Waals surface area contributed by atoms with Crippen molar-refractivity contribution in [1.29, 1.82) is 0 Å². The Hall–Kier alpha value is -0.710. The minimum Gasteiger partial charge on any atom is -0.480 e. The van der Waals surface area contributed by atoms with Gasteiger partial charge in [0.15, 0.2) is 0 Å². The van der Waals surface area contributed by atoms with Crippen LogP contribution >= 0.6 is 0 Å². The van der Waals surface area contributed by atoms with E-state index in [9.17, 15) is 21.6 Å². The zero-order valence-corrected chi connectivity index (χ0v) is 10.8. The van der Waals surface area contributed by atoms with E-state index in [1.165, 1.54) is 0 Å². The van der Waals surface area contributed by atoms with Crippen molar-refractivity contribution in [2.45, 2.75) is 12.5 Å². The molecule has 0 amide bonds. The van der Waals surface area contributed by atoms with Gasteiger partial charge in [0.25, 0.3) is 0 Å². The van der Waals surface area contributed by atoms with Gasteiger partial charge in [0.2, 0.25) is 10.0 Å². The number of carboxylic acid groups (broad SMARTS) is 1. The molecule has 0 radical (unpaired) electrons. The first-order valence-corrected chi connectivity index (χ1v) is 8.30. The summed E-state index contributed by atoms with van der Waals surface area (Å²) in [6.45, 7) is -0.494. The third kappa shape index (κ3) is 8.07. The van der Waals surface area contributed by atoms with Crippen molar-refractivity contribution < 1.29 is 31.8 Å². The maximum Gasteiger partial charge on any atom is 0.321 e. The second-order valence-electron chi connectivity index (χ2n) is 3.47. The summed E-state index contributed by atoms with van der Waals surface area (Å²) >= 11 is 0. The molecule has 0 aromatic rings. The molecule has 0 aliphatic rings. The Labute approximate surface area is 99.6 Å². The lowest BCUT2D eigenvalue weighted by Crippen LogP contribution is -2.43. The molecule has 10 heteroatoms. The molecule has 102 valence electrons. The Morgan fingerprint density at radius 3 is 2.12 bits per heavy atom. The lowest BCUT2D eigenvalue weighted by Gasteiger charge is -2.13. The van der Waals surface area contributed by atoms with E-state index in [0.717, 1.165) is 6.26 Å². The molecule has 3 N–H and O–H groups in total. The molecule has 1 unspecified atom stereocenters. The van der Waals surface area contributed by atoms with Crippen LogP contribution in [-0.2, 0) is 24.7 Å². The van der Waals surface area contributed by atoms with Crippen molar-refractivity contribution in [2.24, 2.45) is 0 Å². The maximum absolute atomic E-state index is 11.3. The monoisotopic (exact) mass is 289 g/mol. The number of carboxylic acids is 1. The van der Waals surface area contributed by atoms with Gasteiger partial charge >= 0.3 is 5.97 Å². The summed E-state index contributed by atoms with van der Waals surface area (Å²) in [6.07, 6.45) is 0.596. The van der Waals surface area contributed by atoms with Crippen LogP contribution in [-0.4, -0.2) is 63.4 Å². The van der Waals surface area contributed by atoms with Crippen LogP contribution < -0.4 is 4.72 Å². The summed E-state index contributed by atoms with van der Waals surface area (Å²) in [7, 11) is -7.44. The second kappa shape index (κ2) is 6.28. The van der Waals surface area contributed by atoms with E-state index < -0.39 is 50.0 Å². The summed E-state index contributed by atoms with van der Waals surface area (Å²) in [4.78, 5) is 10.6. The number of sulfonamides is 1. The van der Waals surface area contributed by atoms with Crippen LogP contribution in [0.3, 0.4) is 0 Å². The molecule has 0 spiro atoms. The summed E-state index contributed by atoms with van der Waals surface area (Å²) in [5.74, 6) is -2.73. The van der Waals surface area contributed by atoms with Gasteiger partial charge in [-0.1, -0.05) is 0 Å². The van der Waals surface area contributed by atoms with E-state index in [2.05, 4.69) is 0 Å². The Bertz CT molecular complexity index is 453. The smallest absolute Gasteiger partial charge is 0.321 e. The quantitative estimate of drug-likeness (QED) is 0.460. The van der Waals surface area contributed by atoms with Crippen LogP contribution in [0.4, 0.5) is 0 Å². The number of aliphatic hydroxyl groups is 1. The molecule has 0 fully saturated rings. The van der Waals surface area contributed by atoms with Gasteiger partial charge in [-0.05, 0) is 6.42 Å². The van der Waals surface area contributed by atoms with E-state index in [4.69, 9.17) is 10.2 Å². The predicted octanol–water partition coefficient (Wildman–Crippen LogP) is -2.21. The first-order valence-electron chi connectivity index (χ1n) is 4.59. The normalized spacial score (nSPS) is 14.5. The molecule has 0 aliphatic carbocycles. The van der Waals surface area contributed by atoms with Crippen LogP contribution in [0, 0.1) is 0 Å². The lowest BCUT2D eigenvalue weighted by molar-refractivity contribution is -0.139. The molecular formula is C7H15NO7S2. The van der Waals surface area contributed by atoms with Crippen LogP contribution in [0.15, 0.2) is 0 Å². The fourth-order valence-corrected chi connectivity index (χ4v) is 3.76. The average Bonchev–Trinajstić information content (AvgIpc) is 2.13. The van der Waals surface area contributed by atoms with Gasteiger partial charge in [0.1, 0.15) is 15.9 Å². The number of aliphatic carboxylic acids is 1. The van der Waals surface area contributed by atoms with Gasteiger partial charge in [-0.3, -0.25) is 4.79 Å². The van der Waals surface area contributed by atoms with E-state index in [1.807, 2.05) is 4.72 Å². The van der Waals surface area contributed by atoms with Gasteiger partial charge in [0, 0.05) is 12.9 Å². The van der Waals surface area contributed by atoms with Crippen LogP contribution in [0.5, 0.6) is 0 Å². The highest BCUT2D eigenvalue weighted by Gasteiger charge is 2.24. The second-order valence-corrected chi connectivity index (χ2v) is 7.60. The molecule has 0 rings (SSSR count). The zero-order chi connectivity index (χ0) is 13.7. The van der Waals surface area contributed by atoms with Crippen LogP contribution in [0.25, 0.3) is 0 Å². The van der Waals surface area contributed by atoms with Gasteiger partial charge < -0.3 is 10.2 Å². The molecule has 8 nitrogen and oxygen atoms in total. The molecule has 0 aliphatic heterocycles. The van der Waals surface area contributed by atoms with Gasteiger partial charge in [-0.15, -0.1) is 0 Å². The summed E-state index contributed by atoms with van der Waals surface area (Å²) in [6, 6.07) is -1.45. The minimum absolute atomic E-state index is 0.284. The number of rotatable bonds is 8. The van der Waals surface area contributed by atoms with Crippen LogP contribution in [0.2, 0.25) is 0 Å². The fraction of sp³-hybridized carbons (Fsp3) is 0.857. The van der Waals surface area contributed by atoms with Crippen molar-refractivity contribution >= 4 is 25.8 Å². The number of hydrogen-bond acceptors (Lipinski definition) is 6. The maximum atomic E-state index is 11.3. The number of carbonyl (C=O) groups is 1. The number of sulfone groups is 1. The van der Waals surface area contributed by atoms with Crippen molar-refractivity contribution in [3.8, 4) is 0 Å². The highest BCUT2D eigenvalue weighted by molar-refractivity contribution is 7.93. The molecule has 0 saturated carbocycles. The lowest BCUT2D eigenvalue weighted by atomic mass is 10.2. The molecule has 17 heavy (non-hydrogen) atoms. The molecule has 0 saturated heterocycles. The molecule has 0 aromatic heterocycles. The fourth-order valence-electron chi connectivity index (χ4n) is 0.899. The summed E-state index contributed by atoms with van der Waals surface area (Å²) in [5.41, 5.74) is 0. The Balaban J connectivity index is 4.57. The molecule has 0 aromatic carbocycles. The molecular weight excluding hydrogens is 274 g/mol. The first kappa shape index (κ1) is 16.3. The van der Waals surface area contributed by atoms with E-state index in [-0.39, 0.29) is 6.42 Å². The highest BCUT2D eigenvalue weighted by Crippen LogP contribution is 1.97. The Kier molecular flexibility index (Phi) is 6.02. The zero-order valence-electron chi connectivity index (χ0n) is 9.16. The summed E-state index contributed by atoms with van der Waals surface area (Å²) < 4.78 is 46.1. The SMILES string of the molecule is CS(=O)(=O)CCS(=O)(=O)NC(CCO)C(=O)O. The van der Waals surface area contributed by atoms with Crippen molar-refractivity contribution in [3.05, 3.63) is 0 Å². The largest absolute Gasteiger partial charge is 0.480 e. The first-order chi connectivity index (χ1) is 7.57. The van der Waals surface area contributed by atoms with Gasteiger partial charge in [0.05, 0.1) is 11.5 Å². The van der Waals surface area contributed by atoms with Crippen molar-refractivity contribution in [2.75, 3.05) is 24.4 Å². The number of hydrogen-bond donors (Lipinski definition) is 3. The van der Waals surface area contributed by atoms with E-state index >= 15 is 0 Å². The van der Waals surface area contributed by atoms with Crippen molar-refractivity contribution in [1.82, 2.24) is 4.72 Å². The number of aliphatic hydroxyl groups excluding tert-OH is 1. The Morgan fingerprint density at radius 2 is 1.76 bits per heavy atom. The van der Waals surface area contributed by atoms with Gasteiger partial charge in [-0.2, -0.15) is 0 Å². The van der Waals surface area contributed by atoms with Crippen molar-refractivity contribution in [3.63, 3.8) is 0 Å². The predicted molar refractivity (Wildman–Crippen MR) is 59.8 cm³/mol. The average molecular weight is 289 g/mol. The van der Waals surface area contributed by atoms with E-state index in [0.29, 0.717) is 0 Å². The third-order valence-corrected chi connectivity index (χ3v) is 4.35. The van der Waals surface area contributed by atoms with Gasteiger partial charge in [-0.25, -0.2) is 21.6 Å². The van der Waals surface area contributed by atoms with E-state index in [1.54, 1.807) is 0 Å². The third-order valence-electron chi connectivity index (χ3n) is 1.76. The number of nitrogens with one attached hydrogen (secondary N) is 1. The standard InChI is InChI=1S/C7H15NO7S2/c1-16(12,13)4-5-17(14,15)8-6(2-3-9)7(10)11/h6,8-9H,2-5H2,1H3,(H,10,11). The molecule has 0 heterocycles. The molecule has 1 atom stereocenters.